The molecule has 9 heteroatoms. The summed E-state index contributed by atoms with van der Waals surface area (Å²) in [5, 5.41) is 0. The molecule has 3 aromatic rings. The highest BCUT2D eigenvalue weighted by Gasteiger charge is 2.35. The third-order valence-corrected chi connectivity index (χ3v) is 9.27. The number of hydrogen-bond donors (Lipinski definition) is 0. The highest BCUT2D eigenvalue weighted by molar-refractivity contribution is 7.98. The van der Waals surface area contributed by atoms with E-state index in [9.17, 15) is 13.2 Å². The number of rotatable bonds is 8. The highest BCUT2D eigenvalue weighted by Crippen LogP contribution is 2.30. The normalized spacial score (nSPS) is 15.1. The molecule has 0 N–H and O–H groups in total. The summed E-state index contributed by atoms with van der Waals surface area (Å²) in [6.45, 7) is 2.89. The Morgan fingerprint density at radius 2 is 1.94 bits per heavy atom. The predicted molar refractivity (Wildman–Crippen MR) is 132 cm³/mol. The molecule has 0 saturated heterocycles. The molecule has 170 valence electrons. The van der Waals surface area contributed by atoms with Crippen LogP contribution in [0.1, 0.15) is 35.7 Å². The van der Waals surface area contributed by atoms with Crippen molar-refractivity contribution < 1.29 is 13.2 Å². The molecule has 4 rings (SSSR count). The molecule has 1 aromatic heterocycles. The van der Waals surface area contributed by atoms with Gasteiger partial charge in [0.2, 0.25) is 10.0 Å². The summed E-state index contributed by atoms with van der Waals surface area (Å²) in [6.07, 6.45) is 4.81. The maximum absolute atomic E-state index is 12.9. The lowest BCUT2D eigenvalue weighted by Crippen LogP contribution is -2.28. The van der Waals surface area contributed by atoms with Crippen LogP contribution in [0.25, 0.3) is 10.2 Å². The van der Waals surface area contributed by atoms with E-state index < -0.39 is 10.0 Å². The largest absolute Gasteiger partial charge is 0.316 e. The fraction of sp³-hybridized carbons (Fsp3) is 0.391. The minimum atomic E-state index is -3.53. The first-order chi connectivity index (χ1) is 15.3. The average molecular weight is 490 g/mol. The van der Waals surface area contributed by atoms with Gasteiger partial charge in [0.25, 0.3) is 5.91 Å². The third kappa shape index (κ3) is 4.71. The summed E-state index contributed by atoms with van der Waals surface area (Å²) in [7, 11) is -1.92. The molecule has 1 heterocycles. The van der Waals surface area contributed by atoms with E-state index in [1.807, 2.05) is 0 Å². The minimum Gasteiger partial charge on any atom is -0.316 e. The summed E-state index contributed by atoms with van der Waals surface area (Å²) in [6, 6.07) is 12.6. The van der Waals surface area contributed by atoms with Gasteiger partial charge in [0.05, 0.1) is 15.1 Å². The molecule has 6 nitrogen and oxygen atoms in total. The summed E-state index contributed by atoms with van der Waals surface area (Å²) in [5.74, 6) is 0.550. The van der Waals surface area contributed by atoms with Gasteiger partial charge < -0.3 is 4.57 Å². The molecule has 1 aliphatic rings. The number of nitrogens with zero attached hydrogens (tertiary/aromatic N) is 3. The number of carbonyl (C=O) groups excluding carboxylic acids is 1. The molecule has 1 aliphatic carbocycles. The molecule has 0 aliphatic heterocycles. The number of fused-ring (bicyclic) bond motifs is 1. The van der Waals surface area contributed by atoms with Gasteiger partial charge in [-0.1, -0.05) is 24.3 Å². The first kappa shape index (κ1) is 23.2. The van der Waals surface area contributed by atoms with Crippen LogP contribution in [0.5, 0.6) is 0 Å². The van der Waals surface area contributed by atoms with Gasteiger partial charge in [0.15, 0.2) is 4.80 Å². The van der Waals surface area contributed by atoms with Crippen LogP contribution in [0.3, 0.4) is 0 Å². The number of hydrogen-bond acceptors (Lipinski definition) is 5. The van der Waals surface area contributed by atoms with Crippen LogP contribution in [0.15, 0.2) is 52.4 Å². The van der Waals surface area contributed by atoms with Crippen molar-refractivity contribution in [1.82, 2.24) is 8.87 Å². The maximum Gasteiger partial charge on any atom is 0.279 e. The van der Waals surface area contributed by atoms with Gasteiger partial charge in [-0.2, -0.15) is 21.1 Å². The Balaban J connectivity index is 1.66. The van der Waals surface area contributed by atoms with E-state index in [2.05, 4.69) is 40.9 Å². The van der Waals surface area contributed by atoms with Crippen molar-refractivity contribution in [2.75, 3.05) is 19.1 Å². The standard InChI is InChI=1S/C23H27N3O3S3/c1-4-16-5-12-20-21(15-16)31-23(26(20)13-14-30-3)24-22(27)17-6-10-19(11-7-17)32(28,29)25(2)18-8-9-18/h5-7,10-12,15,18H,4,8-9,13-14H2,1-3H3. The zero-order valence-electron chi connectivity index (χ0n) is 18.4. The number of aromatic nitrogens is 1. The van der Waals surface area contributed by atoms with Gasteiger partial charge in [0, 0.05) is 31.0 Å². The molecule has 1 saturated carbocycles. The first-order valence-corrected chi connectivity index (χ1v) is 14.3. The van der Waals surface area contributed by atoms with Crippen molar-refractivity contribution >= 4 is 49.2 Å². The lowest BCUT2D eigenvalue weighted by Gasteiger charge is -2.16. The van der Waals surface area contributed by atoms with Crippen molar-refractivity contribution in [2.45, 2.75) is 43.7 Å². The molecule has 1 amide bonds. The van der Waals surface area contributed by atoms with Crippen LogP contribution >= 0.6 is 23.1 Å². The lowest BCUT2D eigenvalue weighted by atomic mass is 10.2. The number of benzene rings is 2. The molecule has 0 spiro atoms. The maximum atomic E-state index is 12.9. The molecule has 0 atom stereocenters. The van der Waals surface area contributed by atoms with E-state index >= 15 is 0 Å². The van der Waals surface area contributed by atoms with Crippen molar-refractivity contribution in [3.63, 3.8) is 0 Å². The monoisotopic (exact) mass is 489 g/mol. The SMILES string of the molecule is CCc1ccc2c(c1)sc(=NC(=O)c1ccc(S(=O)(=O)N(C)C3CC3)cc1)n2CCSC. The Morgan fingerprint density at radius 1 is 1.22 bits per heavy atom. The Labute approximate surface area is 197 Å². The topological polar surface area (TPSA) is 71.7 Å². The molecule has 0 radical (unpaired) electrons. The van der Waals surface area contributed by atoms with E-state index in [0.717, 1.165) is 41.8 Å². The van der Waals surface area contributed by atoms with Crippen molar-refractivity contribution in [2.24, 2.45) is 4.99 Å². The second-order valence-electron chi connectivity index (χ2n) is 7.88. The quantitative estimate of drug-likeness (QED) is 0.477. The molecule has 1 fully saturated rings. The summed E-state index contributed by atoms with van der Waals surface area (Å²) >= 11 is 3.26. The van der Waals surface area contributed by atoms with Crippen molar-refractivity contribution in [1.29, 1.82) is 0 Å². The molecule has 0 unspecified atom stereocenters. The number of sulfonamides is 1. The second-order valence-corrected chi connectivity index (χ2v) is 11.9. The predicted octanol–water partition coefficient (Wildman–Crippen LogP) is 4.15. The number of carbonyl (C=O) groups is 1. The van der Waals surface area contributed by atoms with E-state index in [4.69, 9.17) is 0 Å². The zero-order chi connectivity index (χ0) is 22.9. The number of thiazole rings is 1. The zero-order valence-corrected chi connectivity index (χ0v) is 20.9. The Bertz CT molecular complexity index is 1300. The van der Waals surface area contributed by atoms with E-state index in [-0.39, 0.29) is 16.8 Å². The number of thioether (sulfide) groups is 1. The van der Waals surface area contributed by atoms with Gasteiger partial charge >= 0.3 is 0 Å². The van der Waals surface area contributed by atoms with Crippen molar-refractivity contribution in [3.8, 4) is 0 Å². The second kappa shape index (κ2) is 9.51. The van der Waals surface area contributed by atoms with Crippen LogP contribution < -0.4 is 4.80 Å². The van der Waals surface area contributed by atoms with Crippen LogP contribution in [0.4, 0.5) is 0 Å². The fourth-order valence-electron chi connectivity index (χ4n) is 3.54. The molecule has 0 bridgehead atoms. The Kier molecular flexibility index (Phi) is 6.90. The average Bonchev–Trinajstić information content (AvgIpc) is 3.59. The number of aryl methyl sites for hydroxylation is 2. The minimum absolute atomic E-state index is 0.0919. The van der Waals surface area contributed by atoms with E-state index in [1.54, 1.807) is 30.9 Å². The fourth-order valence-corrected chi connectivity index (χ4v) is 6.44. The Morgan fingerprint density at radius 3 is 2.56 bits per heavy atom. The Hall–Kier alpha value is -1.94. The van der Waals surface area contributed by atoms with Gasteiger partial charge in [0.1, 0.15) is 0 Å². The summed E-state index contributed by atoms with van der Waals surface area (Å²) in [4.78, 5) is 18.2. The highest BCUT2D eigenvalue weighted by atomic mass is 32.2. The van der Waals surface area contributed by atoms with Crippen LogP contribution in [-0.2, 0) is 23.0 Å². The third-order valence-electron chi connectivity index (χ3n) is 5.71. The van der Waals surface area contributed by atoms with Crippen molar-refractivity contribution in [3.05, 3.63) is 58.4 Å². The van der Waals surface area contributed by atoms with Crippen LogP contribution in [-0.4, -0.2) is 48.3 Å². The van der Waals surface area contributed by atoms with Gasteiger partial charge in [-0.25, -0.2) is 8.42 Å². The van der Waals surface area contributed by atoms with Crippen LogP contribution in [0, 0.1) is 0 Å². The van der Waals surface area contributed by atoms with E-state index in [0.29, 0.717) is 10.4 Å². The number of amides is 1. The van der Waals surface area contributed by atoms with Gasteiger partial charge in [-0.15, -0.1) is 0 Å². The smallest absolute Gasteiger partial charge is 0.279 e. The summed E-state index contributed by atoms with van der Waals surface area (Å²) in [5.41, 5.74) is 2.71. The van der Waals surface area contributed by atoms with Gasteiger partial charge in [-0.05, 0) is 67.5 Å². The van der Waals surface area contributed by atoms with E-state index in [1.165, 1.54) is 33.3 Å². The first-order valence-electron chi connectivity index (χ1n) is 10.6. The molecular weight excluding hydrogens is 462 g/mol. The lowest BCUT2D eigenvalue weighted by molar-refractivity contribution is 0.0997. The molecule has 2 aromatic carbocycles. The molecular formula is C23H27N3O3S3. The van der Waals surface area contributed by atoms with Gasteiger partial charge in [-0.3, -0.25) is 4.79 Å². The van der Waals surface area contributed by atoms with Crippen LogP contribution in [0.2, 0.25) is 0 Å². The summed E-state index contributed by atoms with van der Waals surface area (Å²) < 4.78 is 30.0. The molecule has 32 heavy (non-hydrogen) atoms.